The number of nitrogens with zero attached hydrogens (tertiary/aromatic N) is 1. The van der Waals surface area contributed by atoms with Crippen LogP contribution in [0.15, 0.2) is 24.3 Å². The van der Waals surface area contributed by atoms with Crippen LogP contribution in [0.4, 0.5) is 11.4 Å². The molecule has 1 heterocycles. The molecule has 112 valence electrons. The van der Waals surface area contributed by atoms with Crippen LogP contribution in [0.2, 0.25) is 0 Å². The number of carbonyl (C=O) groups excluding carboxylic acids is 3. The minimum atomic E-state index is -0.476. The molecule has 2 rings (SSSR count). The zero-order valence-electron chi connectivity index (χ0n) is 11.7. The van der Waals surface area contributed by atoms with Gasteiger partial charge < -0.3 is 20.7 Å². The first kappa shape index (κ1) is 15.0. The van der Waals surface area contributed by atoms with Crippen LogP contribution in [-0.4, -0.2) is 38.0 Å². The number of amides is 3. The van der Waals surface area contributed by atoms with Gasteiger partial charge in [0.1, 0.15) is 6.61 Å². The molecular weight excluding hydrogens is 274 g/mol. The summed E-state index contributed by atoms with van der Waals surface area (Å²) in [5.74, 6) is -1.38. The Morgan fingerprint density at radius 3 is 2.86 bits per heavy atom. The van der Waals surface area contributed by atoms with Crippen LogP contribution in [-0.2, 0) is 19.1 Å². The number of primary amides is 1. The van der Waals surface area contributed by atoms with E-state index in [2.05, 4.69) is 5.32 Å². The van der Waals surface area contributed by atoms with Crippen molar-refractivity contribution in [1.29, 1.82) is 0 Å². The summed E-state index contributed by atoms with van der Waals surface area (Å²) < 4.78 is 4.74. The fourth-order valence-corrected chi connectivity index (χ4v) is 2.23. The van der Waals surface area contributed by atoms with Crippen molar-refractivity contribution in [3.8, 4) is 0 Å². The Morgan fingerprint density at radius 1 is 1.48 bits per heavy atom. The molecule has 1 unspecified atom stereocenters. The summed E-state index contributed by atoms with van der Waals surface area (Å²) in [6.45, 7) is 0.222. The van der Waals surface area contributed by atoms with Gasteiger partial charge in [-0.25, -0.2) is 0 Å². The van der Waals surface area contributed by atoms with E-state index < -0.39 is 11.8 Å². The molecule has 1 atom stereocenters. The second kappa shape index (κ2) is 6.36. The van der Waals surface area contributed by atoms with E-state index in [1.165, 1.54) is 12.0 Å². The predicted octanol–water partition coefficient (Wildman–Crippen LogP) is 0.110. The van der Waals surface area contributed by atoms with Crippen molar-refractivity contribution >= 4 is 29.1 Å². The molecule has 21 heavy (non-hydrogen) atoms. The van der Waals surface area contributed by atoms with Gasteiger partial charge >= 0.3 is 0 Å². The predicted molar refractivity (Wildman–Crippen MR) is 76.6 cm³/mol. The molecule has 0 bridgehead atoms. The molecule has 1 aromatic rings. The minimum absolute atomic E-state index is 0.0450. The lowest BCUT2D eigenvalue weighted by molar-refractivity contribution is -0.123. The lowest BCUT2D eigenvalue weighted by Crippen LogP contribution is -2.28. The van der Waals surface area contributed by atoms with E-state index in [0.717, 1.165) is 0 Å². The largest absolute Gasteiger partial charge is 0.375 e. The Bertz CT molecular complexity index is 573. The zero-order valence-corrected chi connectivity index (χ0v) is 11.7. The first-order valence-corrected chi connectivity index (χ1v) is 6.50. The van der Waals surface area contributed by atoms with Gasteiger partial charge in [0.05, 0.1) is 5.92 Å². The SMILES string of the molecule is COCC(=O)Nc1cccc(N2CC(C(N)=O)CC2=O)c1. The second-order valence-electron chi connectivity index (χ2n) is 4.84. The summed E-state index contributed by atoms with van der Waals surface area (Å²) in [6.07, 6.45) is 0.121. The Hall–Kier alpha value is -2.41. The topological polar surface area (TPSA) is 102 Å². The number of benzene rings is 1. The molecule has 3 amide bonds. The number of rotatable bonds is 5. The van der Waals surface area contributed by atoms with Crippen LogP contribution < -0.4 is 16.0 Å². The summed E-state index contributed by atoms with van der Waals surface area (Å²) in [5, 5.41) is 2.66. The molecule has 1 saturated heterocycles. The number of nitrogens with two attached hydrogens (primary N) is 1. The van der Waals surface area contributed by atoms with E-state index in [9.17, 15) is 14.4 Å². The quantitative estimate of drug-likeness (QED) is 0.803. The van der Waals surface area contributed by atoms with Crippen molar-refractivity contribution in [1.82, 2.24) is 0 Å². The van der Waals surface area contributed by atoms with Gasteiger partial charge in [0, 0.05) is 31.5 Å². The molecule has 0 saturated carbocycles. The van der Waals surface area contributed by atoms with E-state index in [4.69, 9.17) is 10.5 Å². The first-order chi connectivity index (χ1) is 10.0. The zero-order chi connectivity index (χ0) is 15.4. The number of methoxy groups -OCH3 is 1. The van der Waals surface area contributed by atoms with Crippen LogP contribution in [0.3, 0.4) is 0 Å². The molecule has 1 aromatic carbocycles. The van der Waals surface area contributed by atoms with Gasteiger partial charge in [0.2, 0.25) is 17.7 Å². The smallest absolute Gasteiger partial charge is 0.250 e. The number of nitrogens with one attached hydrogen (secondary N) is 1. The summed E-state index contributed by atoms with van der Waals surface area (Å²) in [7, 11) is 1.43. The standard InChI is InChI=1S/C14H17N3O4/c1-21-8-12(18)16-10-3-2-4-11(6-10)17-7-9(14(15)20)5-13(17)19/h2-4,6,9H,5,7-8H2,1H3,(H2,15,20)(H,16,18). The first-order valence-electron chi connectivity index (χ1n) is 6.50. The molecule has 1 aliphatic heterocycles. The number of ether oxygens (including phenoxy) is 1. The Kier molecular flexibility index (Phi) is 4.54. The molecule has 0 radical (unpaired) electrons. The van der Waals surface area contributed by atoms with E-state index in [0.29, 0.717) is 11.4 Å². The van der Waals surface area contributed by atoms with Gasteiger partial charge in [-0.15, -0.1) is 0 Å². The van der Waals surface area contributed by atoms with Gasteiger partial charge in [0.15, 0.2) is 0 Å². The molecule has 3 N–H and O–H groups in total. The van der Waals surface area contributed by atoms with Crippen molar-refractivity contribution in [3.63, 3.8) is 0 Å². The van der Waals surface area contributed by atoms with Crippen LogP contribution in [0.1, 0.15) is 6.42 Å². The third-order valence-corrected chi connectivity index (χ3v) is 3.24. The third-order valence-electron chi connectivity index (χ3n) is 3.24. The van der Waals surface area contributed by atoms with Crippen molar-refractivity contribution in [2.24, 2.45) is 11.7 Å². The average molecular weight is 291 g/mol. The Morgan fingerprint density at radius 2 is 2.24 bits per heavy atom. The summed E-state index contributed by atoms with van der Waals surface area (Å²) >= 11 is 0. The molecule has 0 spiro atoms. The fraction of sp³-hybridized carbons (Fsp3) is 0.357. The lowest BCUT2D eigenvalue weighted by atomic mass is 10.1. The highest BCUT2D eigenvalue weighted by Gasteiger charge is 2.33. The van der Waals surface area contributed by atoms with Crippen molar-refractivity contribution in [3.05, 3.63) is 24.3 Å². The van der Waals surface area contributed by atoms with Gasteiger partial charge in [-0.3, -0.25) is 14.4 Å². The fourth-order valence-electron chi connectivity index (χ4n) is 2.23. The highest BCUT2D eigenvalue weighted by molar-refractivity contribution is 6.01. The Balaban J connectivity index is 2.12. The maximum absolute atomic E-state index is 11.9. The normalized spacial score (nSPS) is 17.9. The second-order valence-corrected chi connectivity index (χ2v) is 4.84. The highest BCUT2D eigenvalue weighted by atomic mass is 16.5. The van der Waals surface area contributed by atoms with E-state index in [1.54, 1.807) is 24.3 Å². The van der Waals surface area contributed by atoms with E-state index in [1.807, 2.05) is 0 Å². The molecular formula is C14H17N3O4. The Labute approximate surface area is 122 Å². The lowest BCUT2D eigenvalue weighted by Gasteiger charge is -2.17. The maximum atomic E-state index is 11.9. The monoisotopic (exact) mass is 291 g/mol. The van der Waals surface area contributed by atoms with Crippen molar-refractivity contribution in [2.45, 2.75) is 6.42 Å². The molecule has 0 aromatic heterocycles. The molecule has 0 aliphatic carbocycles. The minimum Gasteiger partial charge on any atom is -0.375 e. The van der Waals surface area contributed by atoms with Crippen LogP contribution in [0.25, 0.3) is 0 Å². The van der Waals surface area contributed by atoms with Crippen LogP contribution in [0.5, 0.6) is 0 Å². The molecule has 1 fully saturated rings. The van der Waals surface area contributed by atoms with E-state index >= 15 is 0 Å². The van der Waals surface area contributed by atoms with Crippen molar-refractivity contribution < 1.29 is 19.1 Å². The van der Waals surface area contributed by atoms with Gasteiger partial charge in [-0.1, -0.05) is 6.07 Å². The molecule has 7 heteroatoms. The van der Waals surface area contributed by atoms with E-state index in [-0.39, 0.29) is 31.4 Å². The maximum Gasteiger partial charge on any atom is 0.250 e. The van der Waals surface area contributed by atoms with Gasteiger partial charge in [-0.05, 0) is 18.2 Å². The highest BCUT2D eigenvalue weighted by Crippen LogP contribution is 2.27. The molecule has 1 aliphatic rings. The van der Waals surface area contributed by atoms with Crippen molar-refractivity contribution in [2.75, 3.05) is 30.5 Å². The van der Waals surface area contributed by atoms with Gasteiger partial charge in [0.25, 0.3) is 0 Å². The number of hydrogen-bond acceptors (Lipinski definition) is 4. The molecule has 7 nitrogen and oxygen atoms in total. The van der Waals surface area contributed by atoms with Crippen LogP contribution >= 0.6 is 0 Å². The number of carbonyl (C=O) groups is 3. The summed E-state index contributed by atoms with van der Waals surface area (Å²) in [4.78, 5) is 36.1. The third kappa shape index (κ3) is 3.57. The average Bonchev–Trinajstić information content (AvgIpc) is 2.81. The summed E-state index contributed by atoms with van der Waals surface area (Å²) in [6, 6.07) is 6.86. The number of hydrogen-bond donors (Lipinski definition) is 2. The van der Waals surface area contributed by atoms with Crippen LogP contribution in [0, 0.1) is 5.92 Å². The summed E-state index contributed by atoms with van der Waals surface area (Å²) in [5.41, 5.74) is 6.42. The van der Waals surface area contributed by atoms with Gasteiger partial charge in [-0.2, -0.15) is 0 Å². The number of anilines is 2.